The highest BCUT2D eigenvalue weighted by Gasteiger charge is 2.23. The number of amides is 1. The van der Waals surface area contributed by atoms with Gasteiger partial charge in [0.1, 0.15) is 0 Å². The molecular formula is C17H12Cl2N2O2. The van der Waals surface area contributed by atoms with Crippen LogP contribution in [0.5, 0.6) is 0 Å². The van der Waals surface area contributed by atoms with Gasteiger partial charge in [-0.25, -0.2) is 0 Å². The van der Waals surface area contributed by atoms with Crippen LogP contribution < -0.4 is 5.32 Å². The summed E-state index contributed by atoms with van der Waals surface area (Å²) in [5, 5.41) is 12.2. The summed E-state index contributed by atoms with van der Waals surface area (Å²) in [5.74, 6) is -2.57. The van der Waals surface area contributed by atoms with Crippen LogP contribution in [0.1, 0.15) is 6.92 Å². The molecule has 0 saturated heterocycles. The van der Waals surface area contributed by atoms with Crippen LogP contribution in [0.3, 0.4) is 0 Å². The molecule has 0 fully saturated rings. The zero-order chi connectivity index (χ0) is 17.0. The lowest BCUT2D eigenvalue weighted by Gasteiger charge is -2.11. The number of ketones is 1. The SMILES string of the molecule is CC(=O)C(C#N)C(=O)Nc1ccc(-c2ccccc2Cl)cc1Cl. The topological polar surface area (TPSA) is 70.0 Å². The van der Waals surface area contributed by atoms with E-state index in [0.717, 1.165) is 11.1 Å². The van der Waals surface area contributed by atoms with Gasteiger partial charge in [-0.1, -0.05) is 47.5 Å². The highest BCUT2D eigenvalue weighted by atomic mass is 35.5. The molecule has 0 spiro atoms. The largest absolute Gasteiger partial charge is 0.323 e. The molecule has 23 heavy (non-hydrogen) atoms. The second-order valence-corrected chi connectivity index (χ2v) is 5.65. The molecule has 0 saturated carbocycles. The van der Waals surface area contributed by atoms with Crippen molar-refractivity contribution in [2.75, 3.05) is 5.32 Å². The van der Waals surface area contributed by atoms with E-state index in [1.54, 1.807) is 30.3 Å². The summed E-state index contributed by atoms with van der Waals surface area (Å²) in [6.07, 6.45) is 0. The molecule has 0 radical (unpaired) electrons. The Morgan fingerprint density at radius 3 is 2.39 bits per heavy atom. The molecule has 4 nitrogen and oxygen atoms in total. The summed E-state index contributed by atoms with van der Waals surface area (Å²) in [4.78, 5) is 23.1. The molecule has 0 aliphatic rings. The molecule has 1 N–H and O–H groups in total. The van der Waals surface area contributed by atoms with Gasteiger partial charge in [0.05, 0.1) is 16.8 Å². The Balaban J connectivity index is 2.27. The number of rotatable bonds is 4. The lowest BCUT2D eigenvalue weighted by atomic mass is 10.0. The minimum Gasteiger partial charge on any atom is -0.323 e. The van der Waals surface area contributed by atoms with Crippen molar-refractivity contribution in [1.82, 2.24) is 0 Å². The van der Waals surface area contributed by atoms with E-state index in [4.69, 9.17) is 28.5 Å². The zero-order valence-corrected chi connectivity index (χ0v) is 13.7. The summed E-state index contributed by atoms with van der Waals surface area (Å²) in [6, 6.07) is 14.0. The maximum absolute atomic E-state index is 11.9. The number of nitrogens with zero attached hydrogens (tertiary/aromatic N) is 1. The minimum absolute atomic E-state index is 0.288. The average molecular weight is 347 g/mol. The predicted octanol–water partition coefficient (Wildman–Crippen LogP) is 4.33. The van der Waals surface area contributed by atoms with E-state index in [9.17, 15) is 9.59 Å². The van der Waals surface area contributed by atoms with E-state index in [1.165, 1.54) is 6.92 Å². The van der Waals surface area contributed by atoms with Crippen LogP contribution in [0.2, 0.25) is 10.0 Å². The quantitative estimate of drug-likeness (QED) is 0.837. The molecule has 0 aliphatic heterocycles. The number of halogens is 2. The second-order valence-electron chi connectivity index (χ2n) is 4.84. The fourth-order valence-electron chi connectivity index (χ4n) is 2.02. The van der Waals surface area contributed by atoms with Crippen LogP contribution in [0.25, 0.3) is 11.1 Å². The lowest BCUT2D eigenvalue weighted by molar-refractivity contribution is -0.127. The van der Waals surface area contributed by atoms with Gasteiger partial charge in [-0.05, 0) is 30.7 Å². The first-order chi connectivity index (χ1) is 10.9. The molecule has 0 aromatic heterocycles. The van der Waals surface area contributed by atoms with E-state index < -0.39 is 17.6 Å². The van der Waals surface area contributed by atoms with Crippen LogP contribution in [-0.2, 0) is 9.59 Å². The van der Waals surface area contributed by atoms with Crippen molar-refractivity contribution in [3.8, 4) is 17.2 Å². The molecule has 2 rings (SSSR count). The van der Waals surface area contributed by atoms with Gasteiger partial charge in [-0.2, -0.15) is 5.26 Å². The summed E-state index contributed by atoms with van der Waals surface area (Å²) < 4.78 is 0. The Kier molecular flexibility index (Phi) is 5.38. The third kappa shape index (κ3) is 3.89. The van der Waals surface area contributed by atoms with Gasteiger partial charge in [-0.3, -0.25) is 9.59 Å². The first-order valence-electron chi connectivity index (χ1n) is 6.69. The molecule has 6 heteroatoms. The predicted molar refractivity (Wildman–Crippen MR) is 90.3 cm³/mol. The number of hydrogen-bond acceptors (Lipinski definition) is 3. The highest BCUT2D eigenvalue weighted by Crippen LogP contribution is 2.32. The van der Waals surface area contributed by atoms with Gasteiger partial charge in [0.25, 0.3) is 0 Å². The number of nitrogens with one attached hydrogen (secondary N) is 1. The standard InChI is InChI=1S/C17H12Cl2N2O2/c1-10(22)13(9-20)17(23)21-16-7-6-11(8-15(16)19)12-4-2-3-5-14(12)18/h2-8,13H,1H3,(H,21,23). The van der Waals surface area contributed by atoms with Crippen LogP contribution in [0, 0.1) is 17.2 Å². The molecule has 1 atom stereocenters. The van der Waals surface area contributed by atoms with Gasteiger partial charge in [0, 0.05) is 10.6 Å². The van der Waals surface area contributed by atoms with E-state index >= 15 is 0 Å². The summed E-state index contributed by atoms with van der Waals surface area (Å²) >= 11 is 12.3. The van der Waals surface area contributed by atoms with Gasteiger partial charge < -0.3 is 5.32 Å². The van der Waals surface area contributed by atoms with E-state index in [0.29, 0.717) is 10.7 Å². The molecule has 0 heterocycles. The Labute approximate surface area is 143 Å². The second kappa shape index (κ2) is 7.28. The van der Waals surface area contributed by atoms with Crippen molar-refractivity contribution in [3.05, 3.63) is 52.5 Å². The number of anilines is 1. The van der Waals surface area contributed by atoms with Crippen molar-refractivity contribution < 1.29 is 9.59 Å². The van der Waals surface area contributed by atoms with E-state index in [2.05, 4.69) is 5.32 Å². The van der Waals surface area contributed by atoms with Crippen molar-refractivity contribution in [2.24, 2.45) is 5.92 Å². The third-order valence-electron chi connectivity index (χ3n) is 3.21. The number of carbonyl (C=O) groups excluding carboxylic acids is 2. The Morgan fingerprint density at radius 2 is 1.83 bits per heavy atom. The number of carbonyl (C=O) groups is 2. The smallest absolute Gasteiger partial charge is 0.249 e. The van der Waals surface area contributed by atoms with E-state index in [1.807, 2.05) is 18.2 Å². The molecule has 0 bridgehead atoms. The van der Waals surface area contributed by atoms with Gasteiger partial charge in [0.15, 0.2) is 11.7 Å². The molecule has 116 valence electrons. The number of nitriles is 1. The highest BCUT2D eigenvalue weighted by molar-refractivity contribution is 6.35. The summed E-state index contributed by atoms with van der Waals surface area (Å²) in [6.45, 7) is 1.19. The van der Waals surface area contributed by atoms with Crippen LogP contribution >= 0.6 is 23.2 Å². The third-order valence-corrected chi connectivity index (χ3v) is 3.85. The first kappa shape index (κ1) is 17.0. The Bertz CT molecular complexity index is 812. The molecular weight excluding hydrogens is 335 g/mol. The molecule has 2 aromatic carbocycles. The number of hydrogen-bond donors (Lipinski definition) is 1. The van der Waals surface area contributed by atoms with Crippen molar-refractivity contribution in [1.29, 1.82) is 5.26 Å². The zero-order valence-electron chi connectivity index (χ0n) is 12.1. The van der Waals surface area contributed by atoms with Gasteiger partial charge in [-0.15, -0.1) is 0 Å². The fraction of sp³-hybridized carbons (Fsp3) is 0.118. The normalized spacial score (nSPS) is 11.4. The molecule has 0 aliphatic carbocycles. The summed E-state index contributed by atoms with van der Waals surface area (Å²) in [7, 11) is 0. The van der Waals surface area contributed by atoms with E-state index in [-0.39, 0.29) is 5.02 Å². The van der Waals surface area contributed by atoms with Crippen molar-refractivity contribution in [2.45, 2.75) is 6.92 Å². The summed E-state index contributed by atoms with van der Waals surface area (Å²) in [5.41, 5.74) is 1.93. The molecule has 2 aromatic rings. The van der Waals surface area contributed by atoms with Gasteiger partial charge in [0.2, 0.25) is 5.91 Å². The number of benzene rings is 2. The van der Waals surface area contributed by atoms with Gasteiger partial charge >= 0.3 is 0 Å². The monoisotopic (exact) mass is 346 g/mol. The maximum atomic E-state index is 11.9. The Morgan fingerprint density at radius 1 is 1.13 bits per heavy atom. The first-order valence-corrected chi connectivity index (χ1v) is 7.45. The minimum atomic E-state index is -1.35. The fourth-order valence-corrected chi connectivity index (χ4v) is 2.49. The van der Waals surface area contributed by atoms with Crippen LogP contribution in [-0.4, -0.2) is 11.7 Å². The molecule has 1 amide bonds. The average Bonchev–Trinajstić information content (AvgIpc) is 2.50. The van der Waals surface area contributed by atoms with Crippen molar-refractivity contribution in [3.63, 3.8) is 0 Å². The van der Waals surface area contributed by atoms with Crippen LogP contribution in [0.15, 0.2) is 42.5 Å². The maximum Gasteiger partial charge on any atom is 0.249 e. The lowest BCUT2D eigenvalue weighted by Crippen LogP contribution is -2.27. The number of Topliss-reactive ketones (excluding diaryl/α,β-unsaturated/α-hetero) is 1. The van der Waals surface area contributed by atoms with Crippen molar-refractivity contribution >= 4 is 40.6 Å². The molecule has 1 unspecified atom stereocenters. The Hall–Kier alpha value is -2.35. The van der Waals surface area contributed by atoms with Crippen LogP contribution in [0.4, 0.5) is 5.69 Å².